The van der Waals surface area contributed by atoms with Crippen molar-refractivity contribution in [2.75, 3.05) is 46.8 Å². The summed E-state index contributed by atoms with van der Waals surface area (Å²) in [4.78, 5) is 11.2. The fourth-order valence-electron chi connectivity index (χ4n) is 1.51. The first-order valence-electron chi connectivity index (χ1n) is 6.73. The summed E-state index contributed by atoms with van der Waals surface area (Å²) in [5.74, 6) is 0.721. The van der Waals surface area contributed by atoms with Crippen LogP contribution in [0.4, 0.5) is 0 Å². The third-order valence-corrected chi connectivity index (χ3v) is 3.25. The lowest BCUT2D eigenvalue weighted by atomic mass is 10.1. The monoisotopic (exact) mass is 360 g/mol. The highest BCUT2D eigenvalue weighted by atomic mass is 79.9. The van der Waals surface area contributed by atoms with Crippen LogP contribution >= 0.6 is 15.9 Å². The van der Waals surface area contributed by atoms with Crippen molar-refractivity contribution >= 4 is 21.7 Å². The molecule has 0 unspecified atom stereocenters. The van der Waals surface area contributed by atoms with Crippen molar-refractivity contribution in [3.8, 4) is 5.75 Å². The Balaban J connectivity index is 2.14. The number of ether oxygens (including phenoxy) is 4. The number of hydrogen-bond acceptors (Lipinski definition) is 5. The molecule has 0 aliphatic carbocycles. The highest BCUT2D eigenvalue weighted by Crippen LogP contribution is 2.26. The Labute approximate surface area is 133 Å². The van der Waals surface area contributed by atoms with Crippen LogP contribution in [0.5, 0.6) is 5.75 Å². The number of halogens is 1. The van der Waals surface area contributed by atoms with Crippen molar-refractivity contribution in [1.29, 1.82) is 0 Å². The third-order valence-electron chi connectivity index (χ3n) is 2.63. The van der Waals surface area contributed by atoms with E-state index in [0.717, 1.165) is 4.47 Å². The Morgan fingerprint density at radius 2 is 1.67 bits per heavy atom. The molecule has 1 aromatic rings. The molecule has 0 amide bonds. The second-order valence-corrected chi connectivity index (χ2v) is 5.12. The Morgan fingerprint density at radius 1 is 1.05 bits per heavy atom. The molecule has 0 N–H and O–H groups in total. The molecule has 5 nitrogen and oxygen atoms in total. The van der Waals surface area contributed by atoms with Crippen molar-refractivity contribution in [3.05, 3.63) is 28.2 Å². The maximum Gasteiger partial charge on any atom is 0.159 e. The zero-order chi connectivity index (χ0) is 15.5. The maximum atomic E-state index is 11.2. The summed E-state index contributed by atoms with van der Waals surface area (Å²) < 4.78 is 21.8. The zero-order valence-corrected chi connectivity index (χ0v) is 14.0. The van der Waals surface area contributed by atoms with Crippen molar-refractivity contribution in [2.45, 2.75) is 6.92 Å². The molecule has 0 heterocycles. The predicted molar refractivity (Wildman–Crippen MR) is 83.2 cm³/mol. The van der Waals surface area contributed by atoms with E-state index in [9.17, 15) is 4.79 Å². The second kappa shape index (κ2) is 10.7. The fourth-order valence-corrected chi connectivity index (χ4v) is 2.00. The number of rotatable bonds is 11. The van der Waals surface area contributed by atoms with Gasteiger partial charge in [-0.1, -0.05) is 0 Å². The van der Waals surface area contributed by atoms with Gasteiger partial charge in [-0.25, -0.2) is 0 Å². The Kier molecular flexibility index (Phi) is 9.25. The van der Waals surface area contributed by atoms with E-state index in [0.29, 0.717) is 51.0 Å². The molecule has 1 rings (SSSR count). The summed E-state index contributed by atoms with van der Waals surface area (Å²) in [7, 11) is 1.64. The first-order chi connectivity index (χ1) is 10.1. The molecule has 0 saturated carbocycles. The Bertz CT molecular complexity index is 436. The van der Waals surface area contributed by atoms with Crippen LogP contribution in [0.2, 0.25) is 0 Å². The lowest BCUT2D eigenvalue weighted by Crippen LogP contribution is -2.12. The summed E-state index contributed by atoms with van der Waals surface area (Å²) >= 11 is 3.38. The fraction of sp³-hybridized carbons (Fsp3) is 0.533. The molecule has 0 saturated heterocycles. The van der Waals surface area contributed by atoms with Crippen LogP contribution in [0.25, 0.3) is 0 Å². The molecule has 6 heteroatoms. The van der Waals surface area contributed by atoms with Crippen LogP contribution in [0, 0.1) is 0 Å². The van der Waals surface area contributed by atoms with E-state index in [1.165, 1.54) is 6.92 Å². The van der Waals surface area contributed by atoms with Gasteiger partial charge >= 0.3 is 0 Å². The smallest absolute Gasteiger partial charge is 0.159 e. The molecule has 0 aliphatic rings. The van der Waals surface area contributed by atoms with E-state index >= 15 is 0 Å². The summed E-state index contributed by atoms with van der Waals surface area (Å²) in [5, 5.41) is 0. The van der Waals surface area contributed by atoms with E-state index in [1.54, 1.807) is 25.3 Å². The van der Waals surface area contributed by atoms with Crippen LogP contribution in [0.15, 0.2) is 22.7 Å². The molecule has 1 aromatic carbocycles. The number of Topliss-reactive ketones (excluding diaryl/α,β-unsaturated/α-hetero) is 1. The van der Waals surface area contributed by atoms with Gasteiger partial charge in [0.05, 0.1) is 37.5 Å². The first kappa shape index (κ1) is 18.1. The molecule has 118 valence electrons. The lowest BCUT2D eigenvalue weighted by Gasteiger charge is -2.09. The highest BCUT2D eigenvalue weighted by Gasteiger charge is 2.05. The van der Waals surface area contributed by atoms with Crippen LogP contribution in [0.1, 0.15) is 17.3 Å². The normalized spacial score (nSPS) is 10.6. The summed E-state index contributed by atoms with van der Waals surface area (Å²) in [6, 6.07) is 5.27. The van der Waals surface area contributed by atoms with Gasteiger partial charge in [-0.2, -0.15) is 0 Å². The van der Waals surface area contributed by atoms with Gasteiger partial charge in [0.25, 0.3) is 0 Å². The van der Waals surface area contributed by atoms with Crippen LogP contribution in [0.3, 0.4) is 0 Å². The first-order valence-corrected chi connectivity index (χ1v) is 7.52. The standard InChI is InChI=1S/C15H21BrO5/c1-12(17)13-3-4-15(14(16)11-13)21-10-9-20-8-7-19-6-5-18-2/h3-4,11H,5-10H2,1-2H3. The summed E-state index contributed by atoms with van der Waals surface area (Å²) in [6.45, 7) is 4.69. The van der Waals surface area contributed by atoms with Gasteiger partial charge in [-0.15, -0.1) is 0 Å². The maximum absolute atomic E-state index is 11.2. The van der Waals surface area contributed by atoms with Crippen molar-refractivity contribution in [1.82, 2.24) is 0 Å². The largest absolute Gasteiger partial charge is 0.490 e. The third kappa shape index (κ3) is 7.57. The summed E-state index contributed by atoms with van der Waals surface area (Å²) in [5.41, 5.74) is 0.652. The average molecular weight is 361 g/mol. The number of carbonyl (C=O) groups excluding carboxylic acids is 1. The summed E-state index contributed by atoms with van der Waals surface area (Å²) in [6.07, 6.45) is 0. The molecule has 0 aliphatic heterocycles. The SMILES string of the molecule is COCCOCCOCCOc1ccc(C(C)=O)cc1Br. The minimum absolute atomic E-state index is 0.0269. The van der Waals surface area contributed by atoms with Gasteiger partial charge in [0.2, 0.25) is 0 Å². The van der Waals surface area contributed by atoms with E-state index < -0.39 is 0 Å². The quantitative estimate of drug-likeness (QED) is 0.448. The van der Waals surface area contributed by atoms with Gasteiger partial charge in [-0.05, 0) is 41.1 Å². The van der Waals surface area contributed by atoms with E-state index in [2.05, 4.69) is 15.9 Å². The number of methoxy groups -OCH3 is 1. The molecule has 0 atom stereocenters. The topological polar surface area (TPSA) is 54.0 Å². The van der Waals surface area contributed by atoms with Crippen LogP contribution < -0.4 is 4.74 Å². The van der Waals surface area contributed by atoms with Crippen molar-refractivity contribution < 1.29 is 23.7 Å². The average Bonchev–Trinajstić information content (AvgIpc) is 2.46. The van der Waals surface area contributed by atoms with Gasteiger partial charge in [0.1, 0.15) is 12.4 Å². The Morgan fingerprint density at radius 3 is 2.24 bits per heavy atom. The minimum Gasteiger partial charge on any atom is -0.490 e. The second-order valence-electron chi connectivity index (χ2n) is 4.27. The van der Waals surface area contributed by atoms with Gasteiger partial charge in [0, 0.05) is 12.7 Å². The van der Waals surface area contributed by atoms with Crippen LogP contribution in [-0.4, -0.2) is 52.5 Å². The van der Waals surface area contributed by atoms with Gasteiger partial charge < -0.3 is 18.9 Å². The number of benzene rings is 1. The van der Waals surface area contributed by atoms with Crippen molar-refractivity contribution in [3.63, 3.8) is 0 Å². The molecule has 0 bridgehead atoms. The number of hydrogen-bond donors (Lipinski definition) is 0. The molecule has 0 spiro atoms. The predicted octanol–water partition coefficient (Wildman–Crippen LogP) is 2.71. The van der Waals surface area contributed by atoms with Gasteiger partial charge in [0.15, 0.2) is 5.78 Å². The Hall–Kier alpha value is -0.950. The highest BCUT2D eigenvalue weighted by molar-refractivity contribution is 9.10. The molecule has 0 fully saturated rings. The minimum atomic E-state index is 0.0269. The number of ketones is 1. The molecular formula is C15H21BrO5. The lowest BCUT2D eigenvalue weighted by molar-refractivity contribution is 0.0179. The molecule has 0 aromatic heterocycles. The molecule has 0 radical (unpaired) electrons. The zero-order valence-electron chi connectivity index (χ0n) is 12.4. The van der Waals surface area contributed by atoms with E-state index in [1.807, 2.05) is 0 Å². The molecule has 21 heavy (non-hydrogen) atoms. The van der Waals surface area contributed by atoms with Crippen LogP contribution in [-0.2, 0) is 14.2 Å². The van der Waals surface area contributed by atoms with Crippen molar-refractivity contribution in [2.24, 2.45) is 0 Å². The molecular weight excluding hydrogens is 340 g/mol. The number of carbonyl (C=O) groups is 1. The van der Waals surface area contributed by atoms with E-state index in [-0.39, 0.29) is 5.78 Å². The van der Waals surface area contributed by atoms with Gasteiger partial charge in [-0.3, -0.25) is 4.79 Å². The van der Waals surface area contributed by atoms with E-state index in [4.69, 9.17) is 18.9 Å².